The summed E-state index contributed by atoms with van der Waals surface area (Å²) >= 11 is 0. The molecule has 1 atom stereocenters. The summed E-state index contributed by atoms with van der Waals surface area (Å²) in [5.74, 6) is 0.650. The third-order valence-electron chi connectivity index (χ3n) is 5.56. The first kappa shape index (κ1) is 21.0. The summed E-state index contributed by atoms with van der Waals surface area (Å²) in [6.45, 7) is 6.45. The molecule has 29 heavy (non-hydrogen) atoms. The summed E-state index contributed by atoms with van der Waals surface area (Å²) in [7, 11) is 1.61. The zero-order valence-corrected chi connectivity index (χ0v) is 17.4. The minimum absolute atomic E-state index is 0.0272. The van der Waals surface area contributed by atoms with Crippen molar-refractivity contribution in [3.63, 3.8) is 0 Å². The maximum absolute atomic E-state index is 12.9. The molecule has 0 radical (unpaired) electrons. The average Bonchev–Trinajstić information content (AvgIpc) is 2.96. The lowest BCUT2D eigenvalue weighted by Crippen LogP contribution is -2.47. The van der Waals surface area contributed by atoms with Gasteiger partial charge in [0.2, 0.25) is 11.8 Å². The number of ether oxygens (including phenoxy) is 1. The summed E-state index contributed by atoms with van der Waals surface area (Å²) < 4.78 is 5.22. The van der Waals surface area contributed by atoms with Gasteiger partial charge in [-0.3, -0.25) is 9.59 Å². The van der Waals surface area contributed by atoms with E-state index in [4.69, 9.17) is 4.74 Å². The van der Waals surface area contributed by atoms with Crippen LogP contribution < -0.4 is 15.4 Å². The molecule has 2 aliphatic rings. The molecular weight excluding hydrogens is 372 g/mol. The van der Waals surface area contributed by atoms with Gasteiger partial charge in [0, 0.05) is 57.0 Å². The molecule has 2 saturated heterocycles. The highest BCUT2D eigenvalue weighted by molar-refractivity contribution is 5.81. The Labute approximate surface area is 171 Å². The Balaban J connectivity index is 1.70. The molecule has 1 aromatic rings. The minimum atomic E-state index is -0.439. The summed E-state index contributed by atoms with van der Waals surface area (Å²) in [5, 5.41) is 5.83. The van der Waals surface area contributed by atoms with Crippen LogP contribution in [-0.4, -0.2) is 67.5 Å². The third-order valence-corrected chi connectivity index (χ3v) is 5.56. The molecule has 4 amide bonds. The van der Waals surface area contributed by atoms with Crippen molar-refractivity contribution in [2.45, 2.75) is 26.8 Å². The number of rotatable bonds is 4. The van der Waals surface area contributed by atoms with E-state index in [-0.39, 0.29) is 23.8 Å². The zero-order valence-electron chi connectivity index (χ0n) is 17.4. The first-order chi connectivity index (χ1) is 13.8. The minimum Gasteiger partial charge on any atom is -0.497 e. The second kappa shape index (κ2) is 8.71. The Morgan fingerprint density at radius 1 is 1.24 bits per heavy atom. The molecule has 2 fully saturated rings. The van der Waals surface area contributed by atoms with E-state index in [2.05, 4.69) is 10.6 Å². The number of methoxy groups -OCH3 is 1. The molecular formula is C21H30N4O4. The van der Waals surface area contributed by atoms with Crippen LogP contribution in [0.2, 0.25) is 0 Å². The normalized spacial score (nSPS) is 21.9. The third kappa shape index (κ3) is 4.99. The SMILES string of the molecule is COc1cccc(CNC(=O)N2CCN(C(=O)C(C)C)C[C@@]3(CNC(=O)C3)C2)c1. The first-order valence-electron chi connectivity index (χ1n) is 10.0. The van der Waals surface area contributed by atoms with Gasteiger partial charge in [0.1, 0.15) is 5.75 Å². The number of urea groups is 1. The van der Waals surface area contributed by atoms with Crippen LogP contribution in [0.5, 0.6) is 5.75 Å². The molecule has 158 valence electrons. The highest BCUT2D eigenvalue weighted by Crippen LogP contribution is 2.31. The van der Waals surface area contributed by atoms with E-state index in [0.717, 1.165) is 11.3 Å². The van der Waals surface area contributed by atoms with Crippen LogP contribution in [0.1, 0.15) is 25.8 Å². The van der Waals surface area contributed by atoms with E-state index in [1.807, 2.05) is 38.1 Å². The largest absolute Gasteiger partial charge is 0.497 e. The molecule has 8 heteroatoms. The fraction of sp³-hybridized carbons (Fsp3) is 0.571. The number of nitrogens with one attached hydrogen (secondary N) is 2. The van der Waals surface area contributed by atoms with Gasteiger partial charge in [-0.15, -0.1) is 0 Å². The van der Waals surface area contributed by atoms with Crippen LogP contribution in [0.3, 0.4) is 0 Å². The lowest BCUT2D eigenvalue weighted by atomic mass is 9.86. The topological polar surface area (TPSA) is 91.0 Å². The lowest BCUT2D eigenvalue weighted by molar-refractivity contribution is -0.135. The smallest absolute Gasteiger partial charge is 0.317 e. The molecule has 1 aromatic carbocycles. The highest BCUT2D eigenvalue weighted by atomic mass is 16.5. The maximum Gasteiger partial charge on any atom is 0.317 e. The maximum atomic E-state index is 12.9. The Kier molecular flexibility index (Phi) is 6.30. The molecule has 0 bridgehead atoms. The lowest BCUT2D eigenvalue weighted by Gasteiger charge is -2.33. The van der Waals surface area contributed by atoms with E-state index in [0.29, 0.717) is 45.7 Å². The number of hydrogen-bond donors (Lipinski definition) is 2. The van der Waals surface area contributed by atoms with Crippen molar-refractivity contribution in [2.75, 3.05) is 39.8 Å². The number of carbonyl (C=O) groups is 3. The Hall–Kier alpha value is -2.77. The van der Waals surface area contributed by atoms with E-state index in [9.17, 15) is 14.4 Å². The van der Waals surface area contributed by atoms with Crippen LogP contribution in [0.25, 0.3) is 0 Å². The quantitative estimate of drug-likeness (QED) is 0.792. The number of benzene rings is 1. The van der Waals surface area contributed by atoms with Crippen molar-refractivity contribution in [1.82, 2.24) is 20.4 Å². The summed E-state index contributed by atoms with van der Waals surface area (Å²) in [6.07, 6.45) is 0.328. The Bertz CT molecular complexity index is 782. The van der Waals surface area contributed by atoms with E-state index in [1.54, 1.807) is 16.9 Å². The second-order valence-corrected chi connectivity index (χ2v) is 8.30. The van der Waals surface area contributed by atoms with Gasteiger partial charge in [0.25, 0.3) is 0 Å². The Morgan fingerprint density at radius 3 is 2.62 bits per heavy atom. The van der Waals surface area contributed by atoms with Crippen molar-refractivity contribution in [3.8, 4) is 5.75 Å². The first-order valence-corrected chi connectivity index (χ1v) is 10.0. The molecule has 0 saturated carbocycles. The van der Waals surface area contributed by atoms with Crippen molar-refractivity contribution < 1.29 is 19.1 Å². The van der Waals surface area contributed by atoms with Crippen LogP contribution in [0.15, 0.2) is 24.3 Å². The number of carbonyl (C=O) groups excluding carboxylic acids is 3. The van der Waals surface area contributed by atoms with Crippen molar-refractivity contribution in [2.24, 2.45) is 11.3 Å². The van der Waals surface area contributed by atoms with Crippen LogP contribution in [0, 0.1) is 11.3 Å². The molecule has 0 unspecified atom stereocenters. The van der Waals surface area contributed by atoms with Crippen molar-refractivity contribution in [1.29, 1.82) is 0 Å². The van der Waals surface area contributed by atoms with Gasteiger partial charge in [0.05, 0.1) is 7.11 Å². The molecule has 0 aromatic heterocycles. The molecule has 1 spiro atoms. The van der Waals surface area contributed by atoms with Gasteiger partial charge in [-0.25, -0.2) is 4.79 Å². The van der Waals surface area contributed by atoms with Gasteiger partial charge in [0.15, 0.2) is 0 Å². The fourth-order valence-electron chi connectivity index (χ4n) is 4.03. The predicted octanol–water partition coefficient (Wildman–Crippen LogP) is 1.21. The summed E-state index contributed by atoms with van der Waals surface area (Å²) in [5.41, 5.74) is 0.502. The second-order valence-electron chi connectivity index (χ2n) is 8.30. The number of nitrogens with zero attached hydrogens (tertiary/aromatic N) is 2. The van der Waals surface area contributed by atoms with E-state index in [1.165, 1.54) is 0 Å². The molecule has 3 rings (SSSR count). The molecule has 2 aliphatic heterocycles. The predicted molar refractivity (Wildman–Crippen MR) is 108 cm³/mol. The Morgan fingerprint density at radius 2 is 1.97 bits per heavy atom. The van der Waals surface area contributed by atoms with Gasteiger partial charge in [-0.1, -0.05) is 26.0 Å². The van der Waals surface area contributed by atoms with Crippen molar-refractivity contribution >= 4 is 17.8 Å². The van der Waals surface area contributed by atoms with Crippen LogP contribution in [0.4, 0.5) is 4.79 Å². The van der Waals surface area contributed by atoms with Crippen molar-refractivity contribution in [3.05, 3.63) is 29.8 Å². The van der Waals surface area contributed by atoms with Crippen LogP contribution in [-0.2, 0) is 16.1 Å². The van der Waals surface area contributed by atoms with E-state index >= 15 is 0 Å². The van der Waals surface area contributed by atoms with Crippen LogP contribution >= 0.6 is 0 Å². The molecule has 2 heterocycles. The summed E-state index contributed by atoms with van der Waals surface area (Å²) in [4.78, 5) is 41.0. The van der Waals surface area contributed by atoms with Gasteiger partial charge in [-0.05, 0) is 17.7 Å². The fourth-order valence-corrected chi connectivity index (χ4v) is 4.03. The molecule has 0 aliphatic carbocycles. The average molecular weight is 402 g/mol. The van der Waals surface area contributed by atoms with E-state index < -0.39 is 5.41 Å². The standard InChI is InChI=1S/C21H30N4O4/c1-15(2)19(27)24-7-8-25(14-21(13-24)10-18(26)23-12-21)20(28)22-11-16-5-4-6-17(9-16)29-3/h4-6,9,15H,7-8,10-14H2,1-3H3,(H,22,28)(H,23,26)/t21-/m1/s1. The number of amides is 4. The van der Waals surface area contributed by atoms with Gasteiger partial charge in [-0.2, -0.15) is 0 Å². The number of hydrogen-bond acceptors (Lipinski definition) is 4. The van der Waals surface area contributed by atoms with Gasteiger partial charge < -0.3 is 25.2 Å². The molecule has 8 nitrogen and oxygen atoms in total. The molecule has 2 N–H and O–H groups in total. The summed E-state index contributed by atoms with van der Waals surface area (Å²) in [6, 6.07) is 7.36. The highest BCUT2D eigenvalue weighted by Gasteiger charge is 2.45. The zero-order chi connectivity index (χ0) is 21.0. The monoisotopic (exact) mass is 402 g/mol. The van der Waals surface area contributed by atoms with Gasteiger partial charge >= 0.3 is 6.03 Å².